The number of ether oxygens (including phenoxy) is 2. The van der Waals surface area contributed by atoms with Crippen molar-refractivity contribution in [1.82, 2.24) is 5.43 Å². The molecule has 0 saturated carbocycles. The molecular formula is C18H17N3O4. The molecule has 2 aromatic carbocycles. The van der Waals surface area contributed by atoms with Gasteiger partial charge in [-0.1, -0.05) is 12.1 Å². The predicted molar refractivity (Wildman–Crippen MR) is 92.8 cm³/mol. The first-order valence-corrected chi connectivity index (χ1v) is 7.64. The van der Waals surface area contributed by atoms with Crippen LogP contribution in [0.2, 0.25) is 0 Å². The van der Waals surface area contributed by atoms with E-state index in [1.165, 1.54) is 6.21 Å². The lowest BCUT2D eigenvalue weighted by atomic mass is 10.1. The quantitative estimate of drug-likeness (QED) is 0.509. The Hall–Kier alpha value is -3.35. The smallest absolute Gasteiger partial charge is 0.329 e. The molecule has 0 aliphatic carbocycles. The molecule has 2 aromatic rings. The third-order valence-electron chi connectivity index (χ3n) is 3.62. The van der Waals surface area contributed by atoms with E-state index >= 15 is 0 Å². The molecule has 0 saturated heterocycles. The number of fused-ring (bicyclic) bond motifs is 1. The molecule has 7 heteroatoms. The average molecular weight is 339 g/mol. The topological polar surface area (TPSA) is 89.0 Å². The van der Waals surface area contributed by atoms with Crippen LogP contribution in [0.25, 0.3) is 0 Å². The van der Waals surface area contributed by atoms with Crippen molar-refractivity contribution in [3.63, 3.8) is 0 Å². The number of carbonyl (C=O) groups is 2. The molecule has 1 aliphatic heterocycles. The Morgan fingerprint density at radius 1 is 1.04 bits per heavy atom. The summed E-state index contributed by atoms with van der Waals surface area (Å²) in [4.78, 5) is 23.8. The van der Waals surface area contributed by atoms with Gasteiger partial charge in [0.25, 0.3) is 0 Å². The number of rotatable bonds is 3. The van der Waals surface area contributed by atoms with Crippen LogP contribution >= 0.6 is 0 Å². The van der Waals surface area contributed by atoms with Crippen molar-refractivity contribution in [3.05, 3.63) is 53.1 Å². The Balaban J connectivity index is 1.58. The van der Waals surface area contributed by atoms with Gasteiger partial charge in [0.05, 0.1) is 6.21 Å². The van der Waals surface area contributed by atoms with Crippen molar-refractivity contribution in [2.75, 3.05) is 12.1 Å². The Bertz CT molecular complexity index is 861. The Kier molecular flexibility index (Phi) is 4.65. The normalized spacial score (nSPS) is 12.2. The molecule has 0 atom stereocenters. The second-order valence-corrected chi connectivity index (χ2v) is 5.58. The Morgan fingerprint density at radius 3 is 2.68 bits per heavy atom. The van der Waals surface area contributed by atoms with Gasteiger partial charge in [-0.05, 0) is 54.8 Å². The first-order valence-electron chi connectivity index (χ1n) is 7.64. The number of nitrogens with zero attached hydrogens (tertiary/aromatic N) is 1. The lowest BCUT2D eigenvalue weighted by molar-refractivity contribution is -0.136. The van der Waals surface area contributed by atoms with Gasteiger partial charge in [0.1, 0.15) is 0 Å². The number of hydrogen-bond donors (Lipinski definition) is 2. The lowest BCUT2D eigenvalue weighted by Gasteiger charge is -2.08. The van der Waals surface area contributed by atoms with Crippen molar-refractivity contribution >= 4 is 23.7 Å². The summed E-state index contributed by atoms with van der Waals surface area (Å²) in [6.07, 6.45) is 1.42. The van der Waals surface area contributed by atoms with Gasteiger partial charge in [0.15, 0.2) is 11.5 Å². The van der Waals surface area contributed by atoms with Crippen molar-refractivity contribution in [3.8, 4) is 11.5 Å². The first-order chi connectivity index (χ1) is 12.0. The van der Waals surface area contributed by atoms with Crippen LogP contribution in [0.1, 0.15) is 16.7 Å². The second kappa shape index (κ2) is 7.04. The molecule has 25 heavy (non-hydrogen) atoms. The maximum atomic E-state index is 11.9. The van der Waals surface area contributed by atoms with E-state index in [0.29, 0.717) is 22.7 Å². The molecule has 0 aromatic heterocycles. The Morgan fingerprint density at radius 2 is 1.84 bits per heavy atom. The van der Waals surface area contributed by atoms with Gasteiger partial charge in [-0.3, -0.25) is 9.59 Å². The number of benzene rings is 2. The van der Waals surface area contributed by atoms with Gasteiger partial charge >= 0.3 is 11.8 Å². The fraction of sp³-hybridized carbons (Fsp3) is 0.167. The summed E-state index contributed by atoms with van der Waals surface area (Å²) in [6.45, 7) is 3.95. The van der Waals surface area contributed by atoms with Crippen molar-refractivity contribution in [1.29, 1.82) is 0 Å². The van der Waals surface area contributed by atoms with Crippen LogP contribution in [0.15, 0.2) is 41.5 Å². The highest BCUT2D eigenvalue weighted by molar-refractivity contribution is 6.39. The zero-order chi connectivity index (χ0) is 17.8. The van der Waals surface area contributed by atoms with Crippen molar-refractivity contribution < 1.29 is 19.1 Å². The SMILES string of the molecule is Cc1ccc(C)c(NC(=O)C(=O)N/N=C\c2ccc3c(c2)OCO3)c1. The zero-order valence-corrected chi connectivity index (χ0v) is 13.8. The molecule has 0 unspecified atom stereocenters. The minimum absolute atomic E-state index is 0.186. The highest BCUT2D eigenvalue weighted by Crippen LogP contribution is 2.31. The molecule has 128 valence electrons. The lowest BCUT2D eigenvalue weighted by Crippen LogP contribution is -2.32. The molecule has 0 fully saturated rings. The fourth-order valence-electron chi connectivity index (χ4n) is 2.26. The number of nitrogens with one attached hydrogen (secondary N) is 2. The van der Waals surface area contributed by atoms with E-state index in [1.807, 2.05) is 26.0 Å². The highest BCUT2D eigenvalue weighted by Gasteiger charge is 2.15. The van der Waals surface area contributed by atoms with Crippen LogP contribution in [-0.2, 0) is 9.59 Å². The van der Waals surface area contributed by atoms with Crippen LogP contribution in [-0.4, -0.2) is 24.8 Å². The van der Waals surface area contributed by atoms with Gasteiger partial charge in [-0.25, -0.2) is 5.43 Å². The standard InChI is InChI=1S/C18H17N3O4/c1-11-3-4-12(2)14(7-11)20-17(22)18(23)21-19-9-13-5-6-15-16(8-13)25-10-24-15/h3-9H,10H2,1-2H3,(H,20,22)(H,21,23)/b19-9-. The first kappa shape index (κ1) is 16.5. The minimum atomic E-state index is -0.849. The van der Waals surface area contributed by atoms with E-state index in [0.717, 1.165) is 11.1 Å². The molecular weight excluding hydrogens is 322 g/mol. The van der Waals surface area contributed by atoms with Gasteiger partial charge in [-0.2, -0.15) is 5.10 Å². The number of hydrogen-bond acceptors (Lipinski definition) is 5. The molecule has 1 aliphatic rings. The molecule has 0 spiro atoms. The molecule has 0 bridgehead atoms. The van der Waals surface area contributed by atoms with Crippen molar-refractivity contribution in [2.45, 2.75) is 13.8 Å². The van der Waals surface area contributed by atoms with E-state index in [1.54, 1.807) is 24.3 Å². The van der Waals surface area contributed by atoms with E-state index in [2.05, 4.69) is 15.8 Å². The number of carbonyl (C=O) groups excluding carboxylic acids is 2. The summed E-state index contributed by atoms with van der Waals surface area (Å²) < 4.78 is 10.5. The van der Waals surface area contributed by atoms with E-state index in [9.17, 15) is 9.59 Å². The van der Waals surface area contributed by atoms with Crippen LogP contribution in [0, 0.1) is 13.8 Å². The third-order valence-corrected chi connectivity index (χ3v) is 3.62. The summed E-state index contributed by atoms with van der Waals surface area (Å²) >= 11 is 0. The van der Waals surface area contributed by atoms with E-state index < -0.39 is 11.8 Å². The van der Waals surface area contributed by atoms with Gasteiger partial charge < -0.3 is 14.8 Å². The number of amides is 2. The van der Waals surface area contributed by atoms with Crippen LogP contribution < -0.4 is 20.2 Å². The largest absolute Gasteiger partial charge is 0.454 e. The fourth-order valence-corrected chi connectivity index (χ4v) is 2.26. The average Bonchev–Trinajstić information content (AvgIpc) is 3.05. The summed E-state index contributed by atoms with van der Waals surface area (Å²) in [7, 11) is 0. The minimum Gasteiger partial charge on any atom is -0.454 e. The van der Waals surface area contributed by atoms with Crippen LogP contribution in [0.3, 0.4) is 0 Å². The highest BCUT2D eigenvalue weighted by atomic mass is 16.7. The monoisotopic (exact) mass is 339 g/mol. The molecule has 2 N–H and O–H groups in total. The maximum Gasteiger partial charge on any atom is 0.329 e. The maximum absolute atomic E-state index is 11.9. The number of aryl methyl sites for hydroxylation is 2. The molecule has 7 nitrogen and oxygen atoms in total. The van der Waals surface area contributed by atoms with Gasteiger partial charge in [0, 0.05) is 5.69 Å². The second-order valence-electron chi connectivity index (χ2n) is 5.58. The van der Waals surface area contributed by atoms with E-state index in [4.69, 9.17) is 9.47 Å². The summed E-state index contributed by atoms with van der Waals surface area (Å²) in [5.74, 6) is -0.355. The van der Waals surface area contributed by atoms with Crippen LogP contribution in [0.5, 0.6) is 11.5 Å². The number of anilines is 1. The summed E-state index contributed by atoms with van der Waals surface area (Å²) in [5.41, 5.74) is 5.36. The van der Waals surface area contributed by atoms with Crippen LogP contribution in [0.4, 0.5) is 5.69 Å². The van der Waals surface area contributed by atoms with E-state index in [-0.39, 0.29) is 6.79 Å². The third kappa shape index (κ3) is 3.95. The van der Waals surface area contributed by atoms with Crippen molar-refractivity contribution in [2.24, 2.45) is 5.10 Å². The molecule has 3 rings (SSSR count). The number of hydrazone groups is 1. The summed E-state index contributed by atoms with van der Waals surface area (Å²) in [5, 5.41) is 6.36. The zero-order valence-electron chi connectivity index (χ0n) is 13.8. The molecule has 2 amide bonds. The molecule has 0 radical (unpaired) electrons. The molecule has 1 heterocycles. The summed E-state index contributed by atoms with van der Waals surface area (Å²) in [6, 6.07) is 10.9. The Labute approximate surface area is 144 Å². The van der Waals surface area contributed by atoms with Gasteiger partial charge in [-0.15, -0.1) is 0 Å². The van der Waals surface area contributed by atoms with Gasteiger partial charge in [0.2, 0.25) is 6.79 Å². The predicted octanol–water partition coefficient (Wildman–Crippen LogP) is 2.12.